The van der Waals surface area contributed by atoms with E-state index in [1.807, 2.05) is 0 Å². The molecule has 2 fully saturated rings. The zero-order valence-electron chi connectivity index (χ0n) is 9.74. The zero-order valence-corrected chi connectivity index (χ0v) is 9.74. The Bertz CT molecular complexity index is 289. The van der Waals surface area contributed by atoms with Crippen molar-refractivity contribution in [1.29, 1.82) is 0 Å². The number of nitrogens with one attached hydrogen (secondary N) is 1. The molecular weight excluding hydrogens is 200 g/mol. The van der Waals surface area contributed by atoms with Gasteiger partial charge in [-0.3, -0.25) is 9.69 Å². The van der Waals surface area contributed by atoms with E-state index in [0.29, 0.717) is 12.5 Å². The van der Waals surface area contributed by atoms with Crippen molar-refractivity contribution in [3.05, 3.63) is 0 Å². The second-order valence-electron chi connectivity index (χ2n) is 4.72. The molecule has 16 heavy (non-hydrogen) atoms. The minimum absolute atomic E-state index is 0.110. The molecule has 2 saturated heterocycles. The van der Waals surface area contributed by atoms with Crippen LogP contribution in [0.15, 0.2) is 0 Å². The number of ketones is 1. The Morgan fingerprint density at radius 3 is 2.81 bits per heavy atom. The highest BCUT2D eigenvalue weighted by Gasteiger charge is 2.34. The van der Waals surface area contributed by atoms with E-state index in [-0.39, 0.29) is 11.8 Å². The fraction of sp³-hybridized carbons (Fsp3) is 0.769. The Hall–Kier alpha value is -0.850. The molecule has 0 saturated carbocycles. The molecule has 0 radical (unpaired) electrons. The lowest BCUT2D eigenvalue weighted by molar-refractivity contribution is -0.123. The molecule has 1 N–H and O–H groups in total. The fourth-order valence-electron chi connectivity index (χ4n) is 2.93. The van der Waals surface area contributed by atoms with Crippen molar-refractivity contribution in [2.45, 2.75) is 44.2 Å². The first-order chi connectivity index (χ1) is 7.83. The normalized spacial score (nSPS) is 27.8. The van der Waals surface area contributed by atoms with Crippen molar-refractivity contribution in [1.82, 2.24) is 10.2 Å². The summed E-state index contributed by atoms with van der Waals surface area (Å²) in [7, 11) is 0. The Labute approximate surface area is 97.6 Å². The summed E-state index contributed by atoms with van der Waals surface area (Å²) < 4.78 is 0. The highest BCUT2D eigenvalue weighted by molar-refractivity contribution is 5.86. The van der Waals surface area contributed by atoms with E-state index in [4.69, 9.17) is 6.42 Å². The van der Waals surface area contributed by atoms with Crippen LogP contribution < -0.4 is 5.32 Å². The molecule has 1 atom stereocenters. The predicted molar refractivity (Wildman–Crippen MR) is 64.1 cm³/mol. The van der Waals surface area contributed by atoms with Crippen LogP contribution in [0.1, 0.15) is 32.1 Å². The lowest BCUT2D eigenvalue weighted by atomic mass is 10.0. The van der Waals surface area contributed by atoms with Crippen LogP contribution >= 0.6 is 0 Å². The molecule has 3 nitrogen and oxygen atoms in total. The highest BCUT2D eigenvalue weighted by atomic mass is 16.1. The van der Waals surface area contributed by atoms with Crippen LogP contribution in [0.4, 0.5) is 0 Å². The fourth-order valence-corrected chi connectivity index (χ4v) is 2.93. The Morgan fingerprint density at radius 1 is 1.38 bits per heavy atom. The Balaban J connectivity index is 1.97. The van der Waals surface area contributed by atoms with Gasteiger partial charge in [0.25, 0.3) is 0 Å². The molecule has 2 aliphatic heterocycles. The molecule has 3 heteroatoms. The van der Waals surface area contributed by atoms with E-state index < -0.39 is 0 Å². The van der Waals surface area contributed by atoms with Crippen LogP contribution in [0.5, 0.6) is 0 Å². The standard InChI is InChI=1S/C13H20N2O/c1-2-4-13(16)12-5-3-10-15(12)11-6-8-14-9-7-11/h1,11-12,14H,3-10H2. The summed E-state index contributed by atoms with van der Waals surface area (Å²) in [6.07, 6.45) is 10.0. The van der Waals surface area contributed by atoms with Crippen molar-refractivity contribution in [2.24, 2.45) is 0 Å². The van der Waals surface area contributed by atoms with Crippen molar-refractivity contribution in [3.63, 3.8) is 0 Å². The summed E-state index contributed by atoms with van der Waals surface area (Å²) >= 11 is 0. The van der Waals surface area contributed by atoms with E-state index in [9.17, 15) is 4.79 Å². The van der Waals surface area contributed by atoms with E-state index >= 15 is 0 Å². The summed E-state index contributed by atoms with van der Waals surface area (Å²) in [5, 5.41) is 3.36. The van der Waals surface area contributed by atoms with Crippen LogP contribution in [0.3, 0.4) is 0 Å². The zero-order chi connectivity index (χ0) is 11.4. The second kappa shape index (κ2) is 5.47. The molecule has 88 valence electrons. The summed E-state index contributed by atoms with van der Waals surface area (Å²) in [5.41, 5.74) is 0. The third-order valence-electron chi connectivity index (χ3n) is 3.72. The largest absolute Gasteiger partial charge is 0.317 e. The predicted octanol–water partition coefficient (Wildman–Crippen LogP) is 0.795. The first-order valence-corrected chi connectivity index (χ1v) is 6.25. The molecule has 1 unspecified atom stereocenters. The maximum Gasteiger partial charge on any atom is 0.161 e. The number of hydrogen-bond donors (Lipinski definition) is 1. The van der Waals surface area contributed by atoms with Gasteiger partial charge in [-0.25, -0.2) is 0 Å². The van der Waals surface area contributed by atoms with Crippen molar-refractivity contribution >= 4 is 5.78 Å². The van der Waals surface area contributed by atoms with Gasteiger partial charge in [0.2, 0.25) is 0 Å². The van der Waals surface area contributed by atoms with Crippen LogP contribution in [0, 0.1) is 12.3 Å². The molecule has 0 bridgehead atoms. The molecule has 0 amide bonds. The quantitative estimate of drug-likeness (QED) is 0.714. The maximum atomic E-state index is 11.9. The number of piperidine rings is 1. The molecule has 0 spiro atoms. The minimum Gasteiger partial charge on any atom is -0.317 e. The number of Topliss-reactive ketones (excluding diaryl/α,β-unsaturated/α-hetero) is 1. The molecule has 0 aliphatic carbocycles. The molecule has 2 rings (SSSR count). The number of rotatable bonds is 3. The first-order valence-electron chi connectivity index (χ1n) is 6.25. The van der Waals surface area contributed by atoms with Gasteiger partial charge in [-0.15, -0.1) is 6.42 Å². The molecule has 2 heterocycles. The minimum atomic E-state index is 0.110. The van der Waals surface area contributed by atoms with E-state index in [1.165, 1.54) is 12.8 Å². The Morgan fingerprint density at radius 2 is 2.12 bits per heavy atom. The summed E-state index contributed by atoms with van der Waals surface area (Å²) in [5.74, 6) is 2.73. The van der Waals surface area contributed by atoms with Gasteiger partial charge in [-0.2, -0.15) is 0 Å². The van der Waals surface area contributed by atoms with Gasteiger partial charge < -0.3 is 5.32 Å². The van der Waals surface area contributed by atoms with Gasteiger partial charge >= 0.3 is 0 Å². The Kier molecular flexibility index (Phi) is 3.98. The van der Waals surface area contributed by atoms with Crippen LogP contribution in [-0.4, -0.2) is 42.4 Å². The van der Waals surface area contributed by atoms with Crippen LogP contribution in [0.2, 0.25) is 0 Å². The smallest absolute Gasteiger partial charge is 0.161 e. The lowest BCUT2D eigenvalue weighted by Gasteiger charge is -2.35. The van der Waals surface area contributed by atoms with Crippen molar-refractivity contribution in [2.75, 3.05) is 19.6 Å². The van der Waals surface area contributed by atoms with Crippen LogP contribution in [-0.2, 0) is 4.79 Å². The number of hydrogen-bond acceptors (Lipinski definition) is 3. The van der Waals surface area contributed by atoms with Gasteiger partial charge in [-0.05, 0) is 45.3 Å². The topological polar surface area (TPSA) is 32.3 Å². The average Bonchev–Trinajstić information content (AvgIpc) is 2.79. The van der Waals surface area contributed by atoms with Crippen molar-refractivity contribution in [3.8, 4) is 12.3 Å². The van der Waals surface area contributed by atoms with Crippen molar-refractivity contribution < 1.29 is 4.79 Å². The van der Waals surface area contributed by atoms with Gasteiger partial charge in [0.1, 0.15) is 0 Å². The molecule has 0 aromatic rings. The van der Waals surface area contributed by atoms with Gasteiger partial charge in [0.15, 0.2) is 5.78 Å². The summed E-state index contributed by atoms with van der Waals surface area (Å²) in [6.45, 7) is 3.24. The highest BCUT2D eigenvalue weighted by Crippen LogP contribution is 2.25. The SMILES string of the molecule is C#CCC(=O)C1CCCN1C1CCNCC1. The van der Waals surface area contributed by atoms with Gasteiger partial charge in [0.05, 0.1) is 12.5 Å². The molecule has 0 aromatic heterocycles. The maximum absolute atomic E-state index is 11.9. The summed E-state index contributed by atoms with van der Waals surface area (Å²) in [6, 6.07) is 0.703. The van der Waals surface area contributed by atoms with E-state index in [2.05, 4.69) is 16.1 Å². The van der Waals surface area contributed by atoms with Gasteiger partial charge in [-0.1, -0.05) is 5.92 Å². The third kappa shape index (κ3) is 2.45. The first kappa shape index (κ1) is 11.6. The number of nitrogens with zero attached hydrogens (tertiary/aromatic N) is 1. The monoisotopic (exact) mass is 220 g/mol. The molecular formula is C13H20N2O. The third-order valence-corrected chi connectivity index (χ3v) is 3.72. The lowest BCUT2D eigenvalue weighted by Crippen LogP contribution is -2.47. The average molecular weight is 220 g/mol. The number of likely N-dealkylation sites (tertiary alicyclic amines) is 1. The summed E-state index contributed by atoms with van der Waals surface area (Å²) in [4.78, 5) is 14.3. The number of carbonyl (C=O) groups excluding carboxylic acids is 1. The van der Waals surface area contributed by atoms with E-state index in [1.54, 1.807) is 0 Å². The van der Waals surface area contributed by atoms with Gasteiger partial charge in [0, 0.05) is 6.04 Å². The molecule has 2 aliphatic rings. The number of terminal acetylenes is 1. The van der Waals surface area contributed by atoms with E-state index in [0.717, 1.165) is 32.5 Å². The second-order valence-corrected chi connectivity index (χ2v) is 4.72. The molecule has 0 aromatic carbocycles. The van der Waals surface area contributed by atoms with Crippen LogP contribution in [0.25, 0.3) is 0 Å². The number of carbonyl (C=O) groups is 1.